The van der Waals surface area contributed by atoms with Crippen LogP contribution in [-0.4, -0.2) is 25.2 Å². The highest BCUT2D eigenvalue weighted by atomic mass is 32.1. The van der Waals surface area contributed by atoms with Crippen molar-refractivity contribution in [3.8, 4) is 21.4 Å². The number of benzene rings is 1. The first-order chi connectivity index (χ1) is 12.7. The van der Waals surface area contributed by atoms with Crippen LogP contribution in [-0.2, 0) is 13.0 Å². The highest BCUT2D eigenvalue weighted by molar-refractivity contribution is 7.16. The molecule has 3 aromatic heterocycles. The molecule has 1 atom stereocenters. The third-order valence-corrected chi connectivity index (χ3v) is 6.46. The molecule has 0 aliphatic heterocycles. The second-order valence-corrected chi connectivity index (χ2v) is 8.22. The zero-order chi connectivity index (χ0) is 17.9. The highest BCUT2D eigenvalue weighted by Crippen LogP contribution is 2.32. The molecule has 0 bridgehead atoms. The summed E-state index contributed by atoms with van der Waals surface area (Å²) >= 11 is 4.41. The molecule has 132 valence electrons. The van der Waals surface area contributed by atoms with Gasteiger partial charge in [0.05, 0.1) is 12.3 Å². The van der Waals surface area contributed by atoms with Crippen LogP contribution < -0.4 is 0 Å². The molecule has 4 aromatic rings. The quantitative estimate of drug-likeness (QED) is 0.507. The number of aromatic nitrogens is 3. The lowest BCUT2D eigenvalue weighted by molar-refractivity contribution is 0.178. The zero-order valence-electron chi connectivity index (χ0n) is 13.6. The van der Waals surface area contributed by atoms with E-state index in [4.69, 9.17) is 5.11 Å². The summed E-state index contributed by atoms with van der Waals surface area (Å²) in [7, 11) is 0. The Labute approximate surface area is 162 Å². The Bertz CT molecular complexity index is 994. The summed E-state index contributed by atoms with van der Waals surface area (Å²) in [6.45, 7) is -0.0672. The van der Waals surface area contributed by atoms with Crippen LogP contribution in [0.1, 0.15) is 22.4 Å². The summed E-state index contributed by atoms with van der Waals surface area (Å²) in [5.74, 6) is 0. The summed E-state index contributed by atoms with van der Waals surface area (Å²) in [6, 6.07) is 9.89. The number of thiazole rings is 3. The molecule has 0 saturated heterocycles. The number of hydrogen-bond donors (Lipinski definition) is 2. The predicted octanol–water partition coefficient (Wildman–Crippen LogP) is 4.16. The molecule has 1 aromatic carbocycles. The molecule has 4 rings (SSSR count). The third-order valence-electron chi connectivity index (χ3n) is 3.74. The monoisotopic (exact) mass is 401 g/mol. The number of aliphatic hydroxyl groups excluding tert-OH is 2. The lowest BCUT2D eigenvalue weighted by Gasteiger charge is -2.06. The Morgan fingerprint density at radius 2 is 1.54 bits per heavy atom. The van der Waals surface area contributed by atoms with E-state index in [1.165, 1.54) is 34.0 Å². The molecule has 5 nitrogen and oxygen atoms in total. The molecule has 2 N–H and O–H groups in total. The number of aliphatic hydroxyl groups is 2. The van der Waals surface area contributed by atoms with Gasteiger partial charge in [0.2, 0.25) is 0 Å². The van der Waals surface area contributed by atoms with E-state index in [0.29, 0.717) is 17.1 Å². The van der Waals surface area contributed by atoms with E-state index in [-0.39, 0.29) is 6.61 Å². The number of hydrogen-bond acceptors (Lipinski definition) is 8. The van der Waals surface area contributed by atoms with Crippen molar-refractivity contribution in [3.63, 3.8) is 0 Å². The van der Waals surface area contributed by atoms with E-state index in [1.54, 1.807) is 0 Å². The van der Waals surface area contributed by atoms with Crippen molar-refractivity contribution in [3.05, 3.63) is 62.7 Å². The Balaban J connectivity index is 1.51. The van der Waals surface area contributed by atoms with E-state index in [0.717, 1.165) is 27.0 Å². The van der Waals surface area contributed by atoms with E-state index in [9.17, 15) is 5.11 Å². The molecule has 8 heteroatoms. The van der Waals surface area contributed by atoms with Crippen LogP contribution in [0.4, 0.5) is 0 Å². The lowest BCUT2D eigenvalue weighted by atomic mass is 10.1. The summed E-state index contributed by atoms with van der Waals surface area (Å²) in [5, 5.41) is 27.6. The molecule has 0 saturated carbocycles. The fourth-order valence-corrected chi connectivity index (χ4v) is 4.92. The van der Waals surface area contributed by atoms with Gasteiger partial charge < -0.3 is 10.2 Å². The topological polar surface area (TPSA) is 79.1 Å². The van der Waals surface area contributed by atoms with Gasteiger partial charge in [0, 0.05) is 22.6 Å². The van der Waals surface area contributed by atoms with Crippen LogP contribution in [0.5, 0.6) is 0 Å². The van der Waals surface area contributed by atoms with Gasteiger partial charge in [-0.05, 0) is 5.56 Å². The van der Waals surface area contributed by atoms with Gasteiger partial charge in [0.1, 0.15) is 32.5 Å². The molecule has 0 amide bonds. The van der Waals surface area contributed by atoms with Gasteiger partial charge in [-0.2, -0.15) is 0 Å². The second-order valence-electron chi connectivity index (χ2n) is 5.62. The van der Waals surface area contributed by atoms with Crippen molar-refractivity contribution < 1.29 is 10.2 Å². The molecule has 3 heterocycles. The van der Waals surface area contributed by atoms with Crippen molar-refractivity contribution in [2.24, 2.45) is 0 Å². The smallest absolute Gasteiger partial charge is 0.143 e. The van der Waals surface area contributed by atoms with E-state index < -0.39 is 6.10 Å². The average molecular weight is 402 g/mol. The van der Waals surface area contributed by atoms with Gasteiger partial charge in [0.15, 0.2) is 0 Å². The Morgan fingerprint density at radius 1 is 0.846 bits per heavy atom. The molecule has 0 aliphatic carbocycles. The summed E-state index contributed by atoms with van der Waals surface area (Å²) in [4.78, 5) is 13.5. The van der Waals surface area contributed by atoms with Gasteiger partial charge in [0.25, 0.3) is 0 Å². The first kappa shape index (κ1) is 17.4. The Hall–Kier alpha value is -1.97. The first-order valence-corrected chi connectivity index (χ1v) is 10.6. The van der Waals surface area contributed by atoms with Gasteiger partial charge in [-0.15, -0.1) is 34.0 Å². The minimum absolute atomic E-state index is 0.0672. The highest BCUT2D eigenvalue weighted by Gasteiger charge is 2.16. The fourth-order valence-electron chi connectivity index (χ4n) is 2.45. The molecule has 0 fully saturated rings. The van der Waals surface area contributed by atoms with E-state index in [2.05, 4.69) is 15.0 Å². The molecular weight excluding hydrogens is 386 g/mol. The molecule has 26 heavy (non-hydrogen) atoms. The zero-order valence-corrected chi connectivity index (χ0v) is 16.0. The maximum atomic E-state index is 10.4. The first-order valence-electron chi connectivity index (χ1n) is 7.92. The minimum Gasteiger partial charge on any atom is -0.390 e. The minimum atomic E-state index is -0.623. The SMILES string of the molecule is OCc1csc(-c2csc(-c3csc([C@H](O)Cc4ccccc4)n3)n2)n1. The van der Waals surface area contributed by atoms with E-state index >= 15 is 0 Å². The summed E-state index contributed by atoms with van der Waals surface area (Å²) < 4.78 is 0. The van der Waals surface area contributed by atoms with Crippen LogP contribution in [0.2, 0.25) is 0 Å². The maximum Gasteiger partial charge on any atom is 0.143 e. The largest absolute Gasteiger partial charge is 0.390 e. The second kappa shape index (κ2) is 7.73. The van der Waals surface area contributed by atoms with Crippen LogP contribution >= 0.6 is 34.0 Å². The Morgan fingerprint density at radius 3 is 2.31 bits per heavy atom. The van der Waals surface area contributed by atoms with Crippen LogP contribution in [0.15, 0.2) is 46.5 Å². The molecule has 0 spiro atoms. The van der Waals surface area contributed by atoms with E-state index in [1.807, 2.05) is 46.5 Å². The van der Waals surface area contributed by atoms with Crippen molar-refractivity contribution in [1.82, 2.24) is 15.0 Å². The van der Waals surface area contributed by atoms with Gasteiger partial charge in [-0.25, -0.2) is 15.0 Å². The fraction of sp³-hybridized carbons (Fsp3) is 0.167. The third kappa shape index (κ3) is 3.74. The van der Waals surface area contributed by atoms with Crippen LogP contribution in [0, 0.1) is 0 Å². The maximum absolute atomic E-state index is 10.4. The van der Waals surface area contributed by atoms with Crippen molar-refractivity contribution in [2.75, 3.05) is 0 Å². The Kier molecular flexibility index (Phi) is 5.18. The summed E-state index contributed by atoms with van der Waals surface area (Å²) in [6.07, 6.45) is -0.0818. The molecule has 0 unspecified atom stereocenters. The van der Waals surface area contributed by atoms with Gasteiger partial charge >= 0.3 is 0 Å². The summed E-state index contributed by atoms with van der Waals surface area (Å²) in [5.41, 5.74) is 3.29. The van der Waals surface area contributed by atoms with Gasteiger partial charge in [-0.3, -0.25) is 0 Å². The molecular formula is C18H15N3O2S3. The van der Waals surface area contributed by atoms with Crippen molar-refractivity contribution in [2.45, 2.75) is 19.1 Å². The van der Waals surface area contributed by atoms with Crippen LogP contribution in [0.25, 0.3) is 21.4 Å². The molecule has 0 radical (unpaired) electrons. The predicted molar refractivity (Wildman–Crippen MR) is 105 cm³/mol. The standard InChI is InChI=1S/C18H15N3O2S3/c22-7-12-8-24-16(19-12)13-9-25-17(20-13)14-10-26-18(21-14)15(23)6-11-4-2-1-3-5-11/h1-5,8-10,15,22-23H,6-7H2/t15-/m1/s1. The van der Waals surface area contributed by atoms with Gasteiger partial charge in [-0.1, -0.05) is 30.3 Å². The average Bonchev–Trinajstić information content (AvgIpc) is 3.40. The lowest BCUT2D eigenvalue weighted by Crippen LogP contribution is -2.01. The number of rotatable bonds is 6. The normalized spacial score (nSPS) is 12.4. The van der Waals surface area contributed by atoms with Crippen molar-refractivity contribution in [1.29, 1.82) is 0 Å². The van der Waals surface area contributed by atoms with Crippen LogP contribution in [0.3, 0.4) is 0 Å². The molecule has 0 aliphatic rings. The number of nitrogens with zero attached hydrogens (tertiary/aromatic N) is 3. The van der Waals surface area contributed by atoms with Crippen molar-refractivity contribution >= 4 is 34.0 Å².